The van der Waals surface area contributed by atoms with Gasteiger partial charge in [-0.2, -0.15) is 0 Å². The summed E-state index contributed by atoms with van der Waals surface area (Å²) in [6.07, 6.45) is 2.77. The number of carbonyl (C=O) groups is 1. The first-order valence-corrected chi connectivity index (χ1v) is 9.24. The highest BCUT2D eigenvalue weighted by molar-refractivity contribution is 5.96. The van der Waals surface area contributed by atoms with Gasteiger partial charge in [-0.3, -0.25) is 4.79 Å². The summed E-state index contributed by atoms with van der Waals surface area (Å²) in [7, 11) is 0. The van der Waals surface area contributed by atoms with Crippen molar-refractivity contribution in [2.75, 3.05) is 13.2 Å². The third-order valence-electron chi connectivity index (χ3n) is 5.37. The highest BCUT2D eigenvalue weighted by Gasteiger charge is 2.41. The standard InChI is InChI=1S/C21H28N2O3/c1-15-18(16(2)26-23-15)19(24)22-12-10-21(17-8-6-5-7-9-17)11-13-25-20(3,4)14-21/h5-9H,10-14H2,1-4H3,(H,22,24). The fraction of sp³-hybridized carbons (Fsp3) is 0.524. The van der Waals surface area contributed by atoms with Gasteiger partial charge in [-0.05, 0) is 52.5 Å². The number of aryl methyl sites for hydroxylation is 2. The average molecular weight is 356 g/mol. The van der Waals surface area contributed by atoms with Crippen LogP contribution in [0.1, 0.15) is 60.5 Å². The molecule has 2 aromatic rings. The van der Waals surface area contributed by atoms with E-state index in [4.69, 9.17) is 9.26 Å². The Morgan fingerprint density at radius 3 is 2.58 bits per heavy atom. The minimum Gasteiger partial charge on any atom is -0.376 e. The number of rotatable bonds is 5. The lowest BCUT2D eigenvalue weighted by molar-refractivity contribution is -0.0838. The van der Waals surface area contributed by atoms with E-state index >= 15 is 0 Å². The zero-order valence-electron chi connectivity index (χ0n) is 16.1. The molecule has 1 saturated heterocycles. The molecule has 5 nitrogen and oxygen atoms in total. The second kappa shape index (κ2) is 7.23. The van der Waals surface area contributed by atoms with Crippen LogP contribution < -0.4 is 5.32 Å². The summed E-state index contributed by atoms with van der Waals surface area (Å²) in [6.45, 7) is 9.19. The van der Waals surface area contributed by atoms with Crippen LogP contribution in [-0.2, 0) is 10.2 Å². The van der Waals surface area contributed by atoms with E-state index in [1.165, 1.54) is 5.56 Å². The van der Waals surface area contributed by atoms with Gasteiger partial charge < -0.3 is 14.6 Å². The third-order valence-corrected chi connectivity index (χ3v) is 5.37. The van der Waals surface area contributed by atoms with Crippen LogP contribution in [0.3, 0.4) is 0 Å². The molecule has 1 amide bonds. The van der Waals surface area contributed by atoms with Crippen LogP contribution >= 0.6 is 0 Å². The molecule has 0 spiro atoms. The zero-order valence-corrected chi connectivity index (χ0v) is 16.1. The highest BCUT2D eigenvalue weighted by atomic mass is 16.5. The van der Waals surface area contributed by atoms with Crippen molar-refractivity contribution >= 4 is 5.91 Å². The number of hydrogen-bond acceptors (Lipinski definition) is 4. The number of hydrogen-bond donors (Lipinski definition) is 1. The van der Waals surface area contributed by atoms with Gasteiger partial charge in [-0.15, -0.1) is 0 Å². The van der Waals surface area contributed by atoms with Gasteiger partial charge in [0.15, 0.2) is 0 Å². The molecule has 1 aromatic heterocycles. The van der Waals surface area contributed by atoms with Crippen molar-refractivity contribution in [1.29, 1.82) is 0 Å². The normalized spacial score (nSPS) is 22.2. The van der Waals surface area contributed by atoms with Crippen molar-refractivity contribution in [2.24, 2.45) is 0 Å². The van der Waals surface area contributed by atoms with E-state index in [0.29, 0.717) is 23.6 Å². The van der Waals surface area contributed by atoms with Crippen LogP contribution in [0.5, 0.6) is 0 Å². The molecule has 1 atom stereocenters. The first kappa shape index (κ1) is 18.6. The Labute approximate surface area is 155 Å². The Balaban J connectivity index is 1.74. The molecule has 1 fully saturated rings. The van der Waals surface area contributed by atoms with Gasteiger partial charge in [0, 0.05) is 18.6 Å². The Hall–Kier alpha value is -2.14. The van der Waals surface area contributed by atoms with Crippen LogP contribution in [0.4, 0.5) is 0 Å². The largest absolute Gasteiger partial charge is 0.376 e. The van der Waals surface area contributed by atoms with E-state index in [9.17, 15) is 4.79 Å². The molecule has 1 N–H and O–H groups in total. The van der Waals surface area contributed by atoms with E-state index in [1.54, 1.807) is 13.8 Å². The van der Waals surface area contributed by atoms with Gasteiger partial charge in [-0.25, -0.2) is 0 Å². The predicted molar refractivity (Wildman–Crippen MR) is 100 cm³/mol. The summed E-state index contributed by atoms with van der Waals surface area (Å²) < 4.78 is 11.1. The smallest absolute Gasteiger partial charge is 0.256 e. The van der Waals surface area contributed by atoms with Crippen LogP contribution in [0.2, 0.25) is 0 Å². The topological polar surface area (TPSA) is 64.4 Å². The molecular weight excluding hydrogens is 328 g/mol. The molecule has 1 unspecified atom stereocenters. The van der Waals surface area contributed by atoms with Gasteiger partial charge in [0.2, 0.25) is 0 Å². The summed E-state index contributed by atoms with van der Waals surface area (Å²) in [6, 6.07) is 10.6. The summed E-state index contributed by atoms with van der Waals surface area (Å²) >= 11 is 0. The third kappa shape index (κ3) is 3.83. The molecule has 0 bridgehead atoms. The van der Waals surface area contributed by atoms with E-state index in [0.717, 1.165) is 25.9 Å². The quantitative estimate of drug-likeness (QED) is 0.881. The Morgan fingerprint density at radius 2 is 1.96 bits per heavy atom. The average Bonchev–Trinajstić information content (AvgIpc) is 2.93. The van der Waals surface area contributed by atoms with Crippen LogP contribution in [0.15, 0.2) is 34.9 Å². The number of benzene rings is 1. The summed E-state index contributed by atoms with van der Waals surface area (Å²) in [5.74, 6) is 0.445. The minimum atomic E-state index is -0.167. The fourth-order valence-electron chi connectivity index (χ4n) is 4.18. The van der Waals surface area contributed by atoms with Crippen molar-refractivity contribution < 1.29 is 14.1 Å². The van der Waals surface area contributed by atoms with Gasteiger partial charge in [-0.1, -0.05) is 35.5 Å². The molecule has 1 aliphatic rings. The monoisotopic (exact) mass is 356 g/mol. The summed E-state index contributed by atoms with van der Waals surface area (Å²) in [5, 5.41) is 6.92. The molecule has 0 radical (unpaired) electrons. The number of ether oxygens (including phenoxy) is 1. The fourth-order valence-corrected chi connectivity index (χ4v) is 4.18. The van der Waals surface area contributed by atoms with Gasteiger partial charge in [0.05, 0.1) is 11.3 Å². The zero-order chi connectivity index (χ0) is 18.8. The summed E-state index contributed by atoms with van der Waals surface area (Å²) in [4.78, 5) is 12.5. The molecule has 140 valence electrons. The highest BCUT2D eigenvalue weighted by Crippen LogP contribution is 2.43. The van der Waals surface area contributed by atoms with E-state index in [2.05, 4.69) is 48.6 Å². The van der Waals surface area contributed by atoms with Crippen molar-refractivity contribution in [3.8, 4) is 0 Å². The number of aromatic nitrogens is 1. The molecule has 0 saturated carbocycles. The van der Waals surface area contributed by atoms with Crippen LogP contribution in [0.25, 0.3) is 0 Å². The number of nitrogens with zero attached hydrogens (tertiary/aromatic N) is 1. The lowest BCUT2D eigenvalue weighted by atomic mass is 9.67. The Morgan fingerprint density at radius 1 is 1.23 bits per heavy atom. The van der Waals surface area contributed by atoms with Crippen molar-refractivity contribution in [3.05, 3.63) is 52.9 Å². The lowest BCUT2D eigenvalue weighted by Crippen LogP contribution is -2.45. The molecule has 1 aliphatic heterocycles. The number of amides is 1. The minimum absolute atomic E-state index is 0.00895. The molecule has 3 rings (SSSR count). The van der Waals surface area contributed by atoms with Crippen LogP contribution in [-0.4, -0.2) is 29.8 Å². The number of carbonyl (C=O) groups excluding carboxylic acids is 1. The van der Waals surface area contributed by atoms with E-state index < -0.39 is 0 Å². The molecule has 0 aliphatic carbocycles. The van der Waals surface area contributed by atoms with Crippen LogP contribution in [0, 0.1) is 13.8 Å². The number of nitrogens with one attached hydrogen (secondary N) is 1. The molecular formula is C21H28N2O3. The van der Waals surface area contributed by atoms with Gasteiger partial charge >= 0.3 is 0 Å². The van der Waals surface area contributed by atoms with Crippen molar-refractivity contribution in [3.63, 3.8) is 0 Å². The second-order valence-electron chi connectivity index (χ2n) is 7.89. The maximum Gasteiger partial charge on any atom is 0.256 e. The van der Waals surface area contributed by atoms with Gasteiger partial charge in [0.25, 0.3) is 5.91 Å². The van der Waals surface area contributed by atoms with Gasteiger partial charge in [0.1, 0.15) is 11.3 Å². The lowest BCUT2D eigenvalue weighted by Gasteiger charge is -2.45. The Bertz CT molecular complexity index is 747. The SMILES string of the molecule is Cc1noc(C)c1C(=O)NCCC1(c2ccccc2)CCOC(C)(C)C1. The molecule has 1 aromatic carbocycles. The predicted octanol–water partition coefficient (Wildman–Crippen LogP) is 3.94. The second-order valence-corrected chi connectivity index (χ2v) is 7.89. The Kier molecular flexibility index (Phi) is 5.19. The maximum atomic E-state index is 12.5. The van der Waals surface area contributed by atoms with E-state index in [1.807, 2.05) is 6.07 Å². The van der Waals surface area contributed by atoms with Crippen molar-refractivity contribution in [1.82, 2.24) is 10.5 Å². The summed E-state index contributed by atoms with van der Waals surface area (Å²) in [5.41, 5.74) is 2.34. The molecule has 2 heterocycles. The molecule has 5 heteroatoms. The first-order valence-electron chi connectivity index (χ1n) is 9.24. The van der Waals surface area contributed by atoms with Crippen molar-refractivity contribution in [2.45, 2.75) is 58.0 Å². The molecule has 26 heavy (non-hydrogen) atoms. The maximum absolute atomic E-state index is 12.5. The first-order chi connectivity index (χ1) is 12.3. The van der Waals surface area contributed by atoms with E-state index in [-0.39, 0.29) is 16.9 Å².